The number of carbonyl (C=O) groups is 1. The van der Waals surface area contributed by atoms with E-state index < -0.39 is 0 Å². The van der Waals surface area contributed by atoms with Crippen LogP contribution < -0.4 is 5.32 Å². The monoisotopic (exact) mass is 326 g/mol. The lowest BCUT2D eigenvalue weighted by molar-refractivity contribution is 0.0753. The van der Waals surface area contributed by atoms with E-state index in [2.05, 4.69) is 15.6 Å². The summed E-state index contributed by atoms with van der Waals surface area (Å²) in [7, 11) is 0. The molecule has 0 aliphatic carbocycles. The van der Waals surface area contributed by atoms with Crippen molar-refractivity contribution in [3.63, 3.8) is 0 Å². The summed E-state index contributed by atoms with van der Waals surface area (Å²) >= 11 is 0. The topological polar surface area (TPSA) is 68.5 Å². The number of nitrogens with zero attached hydrogens (tertiary/aromatic N) is 3. The predicted molar refractivity (Wildman–Crippen MR) is 92.6 cm³/mol. The summed E-state index contributed by atoms with van der Waals surface area (Å²) in [5.74, 6) is -0.119. The van der Waals surface area contributed by atoms with Gasteiger partial charge in [0.15, 0.2) is 0 Å². The number of hydrogen-bond donors (Lipinski definition) is 1. The van der Waals surface area contributed by atoms with Gasteiger partial charge in [-0.15, -0.1) is 0 Å². The summed E-state index contributed by atoms with van der Waals surface area (Å²) in [5, 5.41) is 11.4. The Balaban J connectivity index is 1.66. The highest BCUT2D eigenvalue weighted by molar-refractivity contribution is 5.94. The van der Waals surface area contributed by atoms with Gasteiger partial charge < -0.3 is 10.2 Å². The molecule has 3 rings (SSSR count). The maximum Gasteiger partial charge on any atom is 0.251 e. The molecule has 1 amide bonds. The highest BCUT2D eigenvalue weighted by Gasteiger charge is 2.20. The highest BCUT2D eigenvalue weighted by Crippen LogP contribution is 2.15. The molecule has 0 spiro atoms. The van der Waals surface area contributed by atoms with Crippen LogP contribution in [0.25, 0.3) is 5.69 Å². The third-order valence-electron chi connectivity index (χ3n) is 4.06. The summed E-state index contributed by atoms with van der Waals surface area (Å²) in [6.45, 7) is 6.45. The van der Waals surface area contributed by atoms with Gasteiger partial charge in [0, 0.05) is 17.7 Å². The average molecular weight is 326 g/mol. The predicted octanol–water partition coefficient (Wildman–Crippen LogP) is 2.77. The van der Waals surface area contributed by atoms with Crippen LogP contribution in [0.1, 0.15) is 41.5 Å². The number of aromatic nitrogens is 2. The molecule has 0 saturated heterocycles. The van der Waals surface area contributed by atoms with E-state index in [1.165, 1.54) is 0 Å². The maximum atomic E-state index is 12.4. The standard InChI is InChI=1S/C18H22N4O2/c1-4-15-10-17(24-21-15)11-19-18(23)14-6-5-7-16(9-14)22-13(3)8-12(2)20-22/h5-9,17H,4,10-11H2,1-3H3,(H,19,23)/t17-/m1/s1. The Morgan fingerprint density at radius 1 is 1.38 bits per heavy atom. The summed E-state index contributed by atoms with van der Waals surface area (Å²) < 4.78 is 1.84. The second-order valence-electron chi connectivity index (χ2n) is 6.04. The van der Waals surface area contributed by atoms with Gasteiger partial charge in [0.2, 0.25) is 0 Å². The second kappa shape index (κ2) is 6.86. The van der Waals surface area contributed by atoms with E-state index in [4.69, 9.17) is 4.84 Å². The minimum Gasteiger partial charge on any atom is -0.390 e. The molecule has 1 aromatic heterocycles. The lowest BCUT2D eigenvalue weighted by Crippen LogP contribution is -2.32. The van der Waals surface area contributed by atoms with Gasteiger partial charge in [-0.25, -0.2) is 4.68 Å². The van der Waals surface area contributed by atoms with Crippen molar-refractivity contribution in [2.75, 3.05) is 6.54 Å². The van der Waals surface area contributed by atoms with Crippen molar-refractivity contribution >= 4 is 11.6 Å². The minimum absolute atomic E-state index is 0.0666. The van der Waals surface area contributed by atoms with E-state index >= 15 is 0 Å². The maximum absolute atomic E-state index is 12.4. The van der Waals surface area contributed by atoms with Gasteiger partial charge in [-0.3, -0.25) is 4.79 Å². The zero-order valence-electron chi connectivity index (χ0n) is 14.2. The molecule has 6 nitrogen and oxygen atoms in total. The number of aryl methyl sites for hydroxylation is 2. The lowest BCUT2D eigenvalue weighted by atomic mass is 10.1. The molecule has 1 aliphatic heterocycles. The second-order valence-corrected chi connectivity index (χ2v) is 6.04. The molecule has 0 unspecified atom stereocenters. The quantitative estimate of drug-likeness (QED) is 0.918. The smallest absolute Gasteiger partial charge is 0.251 e. The molecule has 0 saturated carbocycles. The van der Waals surface area contributed by atoms with Crippen LogP contribution in [0, 0.1) is 13.8 Å². The van der Waals surface area contributed by atoms with E-state index in [1.807, 2.05) is 49.7 Å². The van der Waals surface area contributed by atoms with Gasteiger partial charge in [0.25, 0.3) is 5.91 Å². The molecule has 0 bridgehead atoms. The van der Waals surface area contributed by atoms with Crippen molar-refractivity contribution in [1.29, 1.82) is 0 Å². The number of oxime groups is 1. The fraction of sp³-hybridized carbons (Fsp3) is 0.389. The molecular weight excluding hydrogens is 304 g/mol. The summed E-state index contributed by atoms with van der Waals surface area (Å²) in [4.78, 5) is 17.7. The first-order valence-electron chi connectivity index (χ1n) is 8.20. The molecule has 1 atom stereocenters. The number of nitrogens with one attached hydrogen (secondary N) is 1. The van der Waals surface area contributed by atoms with Gasteiger partial charge in [0.1, 0.15) is 6.10 Å². The van der Waals surface area contributed by atoms with Gasteiger partial charge in [-0.1, -0.05) is 18.1 Å². The van der Waals surface area contributed by atoms with E-state index in [-0.39, 0.29) is 12.0 Å². The van der Waals surface area contributed by atoms with Crippen molar-refractivity contribution in [2.45, 2.75) is 39.7 Å². The Morgan fingerprint density at radius 2 is 2.21 bits per heavy atom. The molecule has 1 aliphatic rings. The van der Waals surface area contributed by atoms with E-state index in [0.29, 0.717) is 12.1 Å². The number of carbonyl (C=O) groups excluding carboxylic acids is 1. The molecule has 1 aromatic carbocycles. The van der Waals surface area contributed by atoms with Crippen molar-refractivity contribution in [3.05, 3.63) is 47.3 Å². The Bertz CT molecular complexity index is 779. The first kappa shape index (κ1) is 16.2. The summed E-state index contributed by atoms with van der Waals surface area (Å²) in [5.41, 5.74) is 4.51. The normalized spacial score (nSPS) is 16.6. The molecule has 6 heteroatoms. The molecule has 1 N–H and O–H groups in total. The van der Waals surface area contributed by atoms with Crippen molar-refractivity contribution in [3.8, 4) is 5.69 Å². The number of rotatable bonds is 5. The number of hydrogen-bond acceptors (Lipinski definition) is 4. The minimum atomic E-state index is -0.119. The molecule has 24 heavy (non-hydrogen) atoms. The summed E-state index contributed by atoms with van der Waals surface area (Å²) in [6.07, 6.45) is 1.60. The number of benzene rings is 1. The zero-order chi connectivity index (χ0) is 17.1. The van der Waals surface area contributed by atoms with Gasteiger partial charge in [0.05, 0.1) is 23.6 Å². The molecule has 0 fully saturated rings. The zero-order valence-corrected chi connectivity index (χ0v) is 14.2. The Hall–Kier alpha value is -2.63. The van der Waals surface area contributed by atoms with Crippen molar-refractivity contribution < 1.29 is 9.63 Å². The van der Waals surface area contributed by atoms with Crippen LogP contribution in [0.15, 0.2) is 35.5 Å². The van der Waals surface area contributed by atoms with E-state index in [0.717, 1.165) is 35.6 Å². The van der Waals surface area contributed by atoms with Crippen LogP contribution in [0.5, 0.6) is 0 Å². The Morgan fingerprint density at radius 3 is 2.88 bits per heavy atom. The summed E-state index contributed by atoms with van der Waals surface area (Å²) in [6, 6.07) is 9.46. The molecular formula is C18H22N4O2. The van der Waals surface area contributed by atoms with Crippen LogP contribution >= 0.6 is 0 Å². The van der Waals surface area contributed by atoms with Crippen molar-refractivity contribution in [1.82, 2.24) is 15.1 Å². The van der Waals surface area contributed by atoms with Crippen LogP contribution in [-0.4, -0.2) is 34.0 Å². The highest BCUT2D eigenvalue weighted by atomic mass is 16.6. The lowest BCUT2D eigenvalue weighted by Gasteiger charge is -2.11. The first-order valence-corrected chi connectivity index (χ1v) is 8.20. The molecule has 0 radical (unpaired) electrons. The SMILES string of the molecule is CCC1=NO[C@@H](CNC(=O)c2cccc(-n3nc(C)cc3C)c2)C1. The largest absolute Gasteiger partial charge is 0.390 e. The molecule has 2 aromatic rings. The third kappa shape index (κ3) is 3.48. The van der Waals surface area contributed by atoms with Crippen LogP contribution in [-0.2, 0) is 4.84 Å². The number of amides is 1. The van der Waals surface area contributed by atoms with E-state index in [1.54, 1.807) is 6.07 Å². The molecule has 126 valence electrons. The fourth-order valence-corrected chi connectivity index (χ4v) is 2.78. The van der Waals surface area contributed by atoms with Gasteiger partial charge >= 0.3 is 0 Å². The van der Waals surface area contributed by atoms with Gasteiger partial charge in [-0.05, 0) is 44.5 Å². The van der Waals surface area contributed by atoms with Crippen LogP contribution in [0.2, 0.25) is 0 Å². The fourth-order valence-electron chi connectivity index (χ4n) is 2.78. The Kier molecular flexibility index (Phi) is 4.64. The average Bonchev–Trinajstić information content (AvgIpc) is 3.18. The first-order chi connectivity index (χ1) is 11.6. The van der Waals surface area contributed by atoms with Crippen molar-refractivity contribution in [2.24, 2.45) is 5.16 Å². The third-order valence-corrected chi connectivity index (χ3v) is 4.06. The van der Waals surface area contributed by atoms with Crippen LogP contribution in [0.3, 0.4) is 0 Å². The van der Waals surface area contributed by atoms with Gasteiger partial charge in [-0.2, -0.15) is 5.10 Å². The van der Waals surface area contributed by atoms with Crippen LogP contribution in [0.4, 0.5) is 0 Å². The molecule has 2 heterocycles. The Labute approximate surface area is 141 Å². The van der Waals surface area contributed by atoms with E-state index in [9.17, 15) is 4.79 Å².